The zero-order valence-corrected chi connectivity index (χ0v) is 21.5. The van der Waals surface area contributed by atoms with Crippen molar-refractivity contribution in [2.75, 3.05) is 29.9 Å². The lowest BCUT2D eigenvalue weighted by atomic mass is 10.1. The van der Waals surface area contributed by atoms with Crippen molar-refractivity contribution in [2.45, 2.75) is 39.3 Å². The Bertz CT molecular complexity index is 1120. The fraction of sp³-hybridized carbons (Fsp3) is 0.333. The summed E-state index contributed by atoms with van der Waals surface area (Å²) in [6, 6.07) is 17.6. The van der Waals surface area contributed by atoms with Gasteiger partial charge >= 0.3 is 0 Å². The van der Waals surface area contributed by atoms with Crippen LogP contribution in [-0.2, 0) is 13.2 Å². The van der Waals surface area contributed by atoms with Crippen LogP contribution in [0, 0.1) is 0 Å². The molecule has 0 aromatic heterocycles. The Balaban J connectivity index is 1.45. The molecule has 0 unspecified atom stereocenters. The van der Waals surface area contributed by atoms with Crippen molar-refractivity contribution in [1.82, 2.24) is 0 Å². The average Bonchev–Trinajstić information content (AvgIpc) is 2.84. The van der Waals surface area contributed by atoms with Crippen LogP contribution in [0.4, 0.5) is 11.4 Å². The van der Waals surface area contributed by atoms with Crippen LogP contribution in [0.3, 0.4) is 0 Å². The molecule has 1 heterocycles. The van der Waals surface area contributed by atoms with E-state index in [4.69, 9.17) is 44.3 Å². The van der Waals surface area contributed by atoms with Crippen LogP contribution in [0.2, 0.25) is 15.1 Å². The highest BCUT2D eigenvalue weighted by atomic mass is 35.5. The Morgan fingerprint density at radius 3 is 2.38 bits per heavy atom. The maximum Gasteiger partial charge on any atom is 0.180 e. The lowest BCUT2D eigenvalue weighted by molar-refractivity contribution is 0.269. The highest BCUT2D eigenvalue weighted by Gasteiger charge is 2.16. The molecule has 7 heteroatoms. The van der Waals surface area contributed by atoms with Crippen LogP contribution in [-0.4, -0.2) is 19.7 Å². The van der Waals surface area contributed by atoms with Crippen molar-refractivity contribution >= 4 is 46.2 Å². The van der Waals surface area contributed by atoms with Gasteiger partial charge in [-0.3, -0.25) is 0 Å². The van der Waals surface area contributed by atoms with Gasteiger partial charge in [-0.05, 0) is 68.1 Å². The maximum atomic E-state index is 6.60. The molecule has 1 aliphatic rings. The van der Waals surface area contributed by atoms with E-state index in [0.717, 1.165) is 40.6 Å². The molecule has 0 radical (unpaired) electrons. The van der Waals surface area contributed by atoms with Crippen molar-refractivity contribution in [1.29, 1.82) is 0 Å². The van der Waals surface area contributed by atoms with Gasteiger partial charge in [0.25, 0.3) is 0 Å². The molecule has 1 saturated heterocycles. The third-order valence-electron chi connectivity index (χ3n) is 5.84. The van der Waals surface area contributed by atoms with Gasteiger partial charge in [-0.25, -0.2) is 0 Å². The third kappa shape index (κ3) is 6.24. The summed E-state index contributed by atoms with van der Waals surface area (Å²) in [6.45, 7) is 5.45. The summed E-state index contributed by atoms with van der Waals surface area (Å²) >= 11 is 19.5. The molecule has 4 nitrogen and oxygen atoms in total. The van der Waals surface area contributed by atoms with E-state index in [9.17, 15) is 0 Å². The van der Waals surface area contributed by atoms with Gasteiger partial charge in [-0.1, -0.05) is 53.0 Å². The van der Waals surface area contributed by atoms with E-state index < -0.39 is 0 Å². The number of hydrogen-bond acceptors (Lipinski definition) is 4. The molecule has 0 aliphatic carbocycles. The molecule has 34 heavy (non-hydrogen) atoms. The van der Waals surface area contributed by atoms with Gasteiger partial charge in [-0.15, -0.1) is 0 Å². The second-order valence-corrected chi connectivity index (χ2v) is 9.51. The van der Waals surface area contributed by atoms with E-state index in [1.807, 2.05) is 49.4 Å². The second-order valence-electron chi connectivity index (χ2n) is 8.29. The zero-order chi connectivity index (χ0) is 23.9. The standard InChI is InChI=1S/C27H29Cl3N2O2/c1-2-33-26-15-19(14-24(30)27(26)34-18-20-8-4-5-9-22(20)28)17-31-21-10-11-25(23(29)16-21)32-12-6-3-7-13-32/h4-5,8-11,14-16,31H,2-3,6-7,12-13,17-18H2,1H3. The van der Waals surface area contributed by atoms with Gasteiger partial charge in [0, 0.05) is 35.9 Å². The van der Waals surface area contributed by atoms with Crippen LogP contribution in [0.15, 0.2) is 54.6 Å². The minimum absolute atomic E-state index is 0.304. The highest BCUT2D eigenvalue weighted by molar-refractivity contribution is 6.33. The summed E-state index contributed by atoms with van der Waals surface area (Å²) in [5.74, 6) is 1.12. The molecule has 4 rings (SSSR count). The molecule has 0 atom stereocenters. The molecule has 0 bridgehead atoms. The van der Waals surface area contributed by atoms with Crippen molar-refractivity contribution in [2.24, 2.45) is 0 Å². The summed E-state index contributed by atoms with van der Waals surface area (Å²) in [5.41, 5.74) is 3.93. The molecule has 3 aromatic rings. The molecule has 0 saturated carbocycles. The molecular formula is C27H29Cl3N2O2. The summed E-state index contributed by atoms with van der Waals surface area (Å²) in [4.78, 5) is 2.37. The molecular weight excluding hydrogens is 491 g/mol. The molecule has 0 spiro atoms. The van der Waals surface area contributed by atoms with Crippen LogP contribution >= 0.6 is 34.8 Å². The number of benzene rings is 3. The first kappa shape index (κ1) is 24.8. The van der Waals surface area contributed by atoms with Crippen LogP contribution < -0.4 is 19.7 Å². The molecule has 3 aromatic carbocycles. The van der Waals surface area contributed by atoms with E-state index in [1.54, 1.807) is 0 Å². The number of piperidine rings is 1. The van der Waals surface area contributed by atoms with E-state index in [-0.39, 0.29) is 0 Å². The minimum atomic E-state index is 0.304. The van der Waals surface area contributed by atoms with E-state index >= 15 is 0 Å². The third-order valence-corrected chi connectivity index (χ3v) is 6.79. The van der Waals surface area contributed by atoms with E-state index in [2.05, 4.69) is 22.3 Å². The molecule has 180 valence electrons. The van der Waals surface area contributed by atoms with Crippen molar-refractivity contribution in [3.05, 3.63) is 80.8 Å². The second kappa shape index (κ2) is 11.9. The number of nitrogens with one attached hydrogen (secondary N) is 1. The van der Waals surface area contributed by atoms with Crippen molar-refractivity contribution < 1.29 is 9.47 Å². The summed E-state index contributed by atoms with van der Waals surface area (Å²) in [6.07, 6.45) is 3.73. The fourth-order valence-electron chi connectivity index (χ4n) is 4.10. The predicted octanol–water partition coefficient (Wildman–Crippen LogP) is 8.23. The largest absolute Gasteiger partial charge is 0.490 e. The highest BCUT2D eigenvalue weighted by Crippen LogP contribution is 2.38. The minimum Gasteiger partial charge on any atom is -0.490 e. The molecule has 1 fully saturated rings. The quantitative estimate of drug-likeness (QED) is 0.309. The topological polar surface area (TPSA) is 33.7 Å². The smallest absolute Gasteiger partial charge is 0.180 e. The van der Waals surface area contributed by atoms with Gasteiger partial charge in [0.2, 0.25) is 0 Å². The van der Waals surface area contributed by atoms with Gasteiger partial charge in [-0.2, -0.15) is 0 Å². The van der Waals surface area contributed by atoms with Crippen LogP contribution in [0.25, 0.3) is 0 Å². The van der Waals surface area contributed by atoms with Gasteiger partial charge in [0.05, 0.1) is 22.3 Å². The first-order chi connectivity index (χ1) is 16.5. The Kier molecular flexibility index (Phi) is 8.71. The summed E-state index contributed by atoms with van der Waals surface area (Å²) in [7, 11) is 0. The summed E-state index contributed by atoms with van der Waals surface area (Å²) < 4.78 is 11.8. The first-order valence-electron chi connectivity index (χ1n) is 11.6. The number of halogens is 3. The normalized spacial score (nSPS) is 13.6. The number of hydrogen-bond donors (Lipinski definition) is 1. The average molecular weight is 520 g/mol. The van der Waals surface area contributed by atoms with Gasteiger partial charge in [0.1, 0.15) is 6.61 Å². The van der Waals surface area contributed by atoms with Crippen LogP contribution in [0.5, 0.6) is 11.5 Å². The Morgan fingerprint density at radius 2 is 1.65 bits per heavy atom. The number of rotatable bonds is 9. The summed E-state index contributed by atoms with van der Waals surface area (Å²) in [5, 5.41) is 5.35. The number of ether oxygens (including phenoxy) is 2. The maximum absolute atomic E-state index is 6.60. The Labute approximate surface area is 216 Å². The lowest BCUT2D eigenvalue weighted by Gasteiger charge is -2.29. The predicted molar refractivity (Wildman–Crippen MR) is 143 cm³/mol. The number of nitrogens with zero attached hydrogens (tertiary/aromatic N) is 1. The Morgan fingerprint density at radius 1 is 0.853 bits per heavy atom. The van der Waals surface area contributed by atoms with Crippen LogP contribution in [0.1, 0.15) is 37.3 Å². The molecule has 1 N–H and O–H groups in total. The number of anilines is 2. The van der Waals surface area contributed by atoms with Gasteiger partial charge in [0.15, 0.2) is 11.5 Å². The monoisotopic (exact) mass is 518 g/mol. The lowest BCUT2D eigenvalue weighted by Crippen LogP contribution is -2.29. The fourth-order valence-corrected chi connectivity index (χ4v) is 4.88. The molecule has 0 amide bonds. The Hall–Kier alpha value is -2.27. The van der Waals surface area contributed by atoms with E-state index in [1.165, 1.54) is 19.3 Å². The van der Waals surface area contributed by atoms with Crippen molar-refractivity contribution in [3.63, 3.8) is 0 Å². The first-order valence-corrected chi connectivity index (χ1v) is 12.8. The van der Waals surface area contributed by atoms with Crippen molar-refractivity contribution in [3.8, 4) is 11.5 Å². The van der Waals surface area contributed by atoms with Gasteiger partial charge < -0.3 is 19.7 Å². The van der Waals surface area contributed by atoms with E-state index in [0.29, 0.717) is 41.3 Å². The zero-order valence-electron chi connectivity index (χ0n) is 19.3. The SMILES string of the molecule is CCOc1cc(CNc2ccc(N3CCCCC3)c(Cl)c2)cc(Cl)c1OCc1ccccc1Cl. The molecule has 1 aliphatic heterocycles.